The second-order valence-corrected chi connectivity index (χ2v) is 7.02. The predicted octanol–water partition coefficient (Wildman–Crippen LogP) is 2.86. The van der Waals surface area contributed by atoms with Crippen molar-refractivity contribution in [3.8, 4) is 0 Å². The Balaban J connectivity index is 2.04. The molecular weight excluding hydrogens is 333 g/mol. The summed E-state index contributed by atoms with van der Waals surface area (Å²) >= 11 is 3.42. The molecule has 1 aromatic rings. The first-order valence-corrected chi connectivity index (χ1v) is 8.34. The van der Waals surface area contributed by atoms with Crippen LogP contribution in [-0.2, 0) is 0 Å². The number of likely N-dealkylation sites (N-methyl/N-ethyl adjacent to an activating group) is 1. The van der Waals surface area contributed by atoms with Gasteiger partial charge in [0.1, 0.15) is 5.82 Å². The average molecular weight is 358 g/mol. The highest BCUT2D eigenvalue weighted by molar-refractivity contribution is 9.10. The van der Waals surface area contributed by atoms with Crippen molar-refractivity contribution < 1.29 is 4.39 Å². The molecule has 1 aliphatic heterocycles. The largest absolute Gasteiger partial charge is 0.329 e. The highest BCUT2D eigenvalue weighted by Gasteiger charge is 2.24. The molecule has 0 saturated carbocycles. The molecule has 0 amide bonds. The highest BCUT2D eigenvalue weighted by atomic mass is 79.9. The molecule has 1 unspecified atom stereocenters. The van der Waals surface area contributed by atoms with Crippen LogP contribution in [0.5, 0.6) is 0 Å². The van der Waals surface area contributed by atoms with E-state index in [2.05, 4.69) is 39.8 Å². The molecule has 3 nitrogen and oxygen atoms in total. The van der Waals surface area contributed by atoms with Gasteiger partial charge in [-0.1, -0.05) is 15.9 Å². The highest BCUT2D eigenvalue weighted by Crippen LogP contribution is 2.27. The third-order valence-electron chi connectivity index (χ3n) is 4.46. The van der Waals surface area contributed by atoms with E-state index in [9.17, 15) is 4.39 Å². The van der Waals surface area contributed by atoms with Crippen LogP contribution >= 0.6 is 15.9 Å². The molecule has 1 aromatic carbocycles. The monoisotopic (exact) mass is 357 g/mol. The van der Waals surface area contributed by atoms with E-state index in [1.807, 2.05) is 6.07 Å². The van der Waals surface area contributed by atoms with Crippen LogP contribution in [0, 0.1) is 11.7 Å². The first-order valence-electron chi connectivity index (χ1n) is 7.55. The fourth-order valence-electron chi connectivity index (χ4n) is 3.09. The molecule has 0 spiro atoms. The molecule has 0 aromatic heterocycles. The van der Waals surface area contributed by atoms with E-state index in [-0.39, 0.29) is 11.9 Å². The topological polar surface area (TPSA) is 32.5 Å². The summed E-state index contributed by atoms with van der Waals surface area (Å²) in [5.74, 6) is 0.499. The molecule has 1 heterocycles. The van der Waals surface area contributed by atoms with Crippen molar-refractivity contribution in [1.82, 2.24) is 9.80 Å². The zero-order valence-corrected chi connectivity index (χ0v) is 14.4. The summed E-state index contributed by atoms with van der Waals surface area (Å²) in [5.41, 5.74) is 6.60. The van der Waals surface area contributed by atoms with E-state index < -0.39 is 0 Å². The Kier molecular flexibility index (Phi) is 6.17. The van der Waals surface area contributed by atoms with Gasteiger partial charge in [0.25, 0.3) is 0 Å². The fraction of sp³-hybridized carbons (Fsp3) is 0.625. The first kappa shape index (κ1) is 16.9. The summed E-state index contributed by atoms with van der Waals surface area (Å²) in [4.78, 5) is 4.58. The maximum Gasteiger partial charge on any atom is 0.128 e. The number of hydrogen-bond acceptors (Lipinski definition) is 3. The van der Waals surface area contributed by atoms with Crippen molar-refractivity contribution in [3.63, 3.8) is 0 Å². The van der Waals surface area contributed by atoms with Crippen molar-refractivity contribution in [2.75, 3.05) is 40.3 Å². The van der Waals surface area contributed by atoms with Crippen LogP contribution in [0.4, 0.5) is 4.39 Å². The van der Waals surface area contributed by atoms with E-state index in [1.54, 1.807) is 6.07 Å². The lowest BCUT2D eigenvalue weighted by atomic mass is 9.95. The zero-order chi connectivity index (χ0) is 15.4. The van der Waals surface area contributed by atoms with Gasteiger partial charge in [0, 0.05) is 29.2 Å². The third-order valence-corrected chi connectivity index (χ3v) is 4.95. The first-order chi connectivity index (χ1) is 10.0. The lowest BCUT2D eigenvalue weighted by Crippen LogP contribution is -2.39. The minimum Gasteiger partial charge on any atom is -0.329 e. The second kappa shape index (κ2) is 7.68. The van der Waals surface area contributed by atoms with Gasteiger partial charge in [0.15, 0.2) is 0 Å². The van der Waals surface area contributed by atoms with E-state index in [1.165, 1.54) is 18.9 Å². The summed E-state index contributed by atoms with van der Waals surface area (Å²) in [5, 5.41) is 0. The molecule has 21 heavy (non-hydrogen) atoms. The van der Waals surface area contributed by atoms with E-state index >= 15 is 0 Å². The van der Waals surface area contributed by atoms with Gasteiger partial charge in [-0.2, -0.15) is 0 Å². The van der Waals surface area contributed by atoms with Crippen molar-refractivity contribution in [2.45, 2.75) is 18.9 Å². The minimum absolute atomic E-state index is 0.0674. The summed E-state index contributed by atoms with van der Waals surface area (Å²) in [6.45, 7) is 3.70. The van der Waals surface area contributed by atoms with Gasteiger partial charge in [-0.3, -0.25) is 4.90 Å². The van der Waals surface area contributed by atoms with Gasteiger partial charge in [0.2, 0.25) is 0 Å². The summed E-state index contributed by atoms with van der Waals surface area (Å²) in [6, 6.07) is 5.01. The van der Waals surface area contributed by atoms with Gasteiger partial charge < -0.3 is 10.6 Å². The fourth-order valence-corrected chi connectivity index (χ4v) is 3.47. The standard InChI is InChI=1S/C16H25BrFN3/c1-20-7-5-12(6-8-20)11-21(2)16(10-19)14-9-13(17)3-4-15(14)18/h3-4,9,12,16H,5-8,10-11,19H2,1-2H3. The molecule has 5 heteroatoms. The molecule has 0 aliphatic carbocycles. The lowest BCUT2D eigenvalue weighted by molar-refractivity contribution is 0.150. The van der Waals surface area contributed by atoms with Crippen molar-refractivity contribution in [2.24, 2.45) is 11.7 Å². The molecule has 1 aliphatic rings. The van der Waals surface area contributed by atoms with Crippen molar-refractivity contribution >= 4 is 15.9 Å². The van der Waals surface area contributed by atoms with Gasteiger partial charge >= 0.3 is 0 Å². The number of benzene rings is 1. The number of piperidine rings is 1. The average Bonchev–Trinajstić information content (AvgIpc) is 2.46. The predicted molar refractivity (Wildman–Crippen MR) is 88.7 cm³/mol. The molecule has 2 N–H and O–H groups in total. The maximum absolute atomic E-state index is 14.1. The number of halogens is 2. The number of hydrogen-bond donors (Lipinski definition) is 1. The Morgan fingerprint density at radius 1 is 1.43 bits per heavy atom. The van der Waals surface area contributed by atoms with Gasteiger partial charge in [-0.25, -0.2) is 4.39 Å². The van der Waals surface area contributed by atoms with Crippen molar-refractivity contribution in [3.05, 3.63) is 34.1 Å². The SMILES string of the molecule is CN1CCC(CN(C)C(CN)c2cc(Br)ccc2F)CC1. The minimum atomic E-state index is -0.177. The third kappa shape index (κ3) is 4.49. The van der Waals surface area contributed by atoms with Crippen LogP contribution in [-0.4, -0.2) is 50.1 Å². The number of rotatable bonds is 5. The Hall–Kier alpha value is -0.490. The van der Waals surface area contributed by atoms with Crippen molar-refractivity contribution in [1.29, 1.82) is 0 Å². The number of likely N-dealkylation sites (tertiary alicyclic amines) is 1. The van der Waals surface area contributed by atoms with Crippen LogP contribution in [0.25, 0.3) is 0 Å². The summed E-state index contributed by atoms with van der Waals surface area (Å²) in [7, 11) is 4.22. The van der Waals surface area contributed by atoms with Crippen LogP contribution < -0.4 is 5.73 Å². The maximum atomic E-state index is 14.1. The number of nitrogens with two attached hydrogens (primary N) is 1. The summed E-state index contributed by atoms with van der Waals surface area (Å²) in [6.07, 6.45) is 2.41. The van der Waals surface area contributed by atoms with E-state index in [0.29, 0.717) is 18.0 Å². The van der Waals surface area contributed by atoms with E-state index in [4.69, 9.17) is 5.73 Å². The Morgan fingerprint density at radius 2 is 2.10 bits per heavy atom. The molecular formula is C16H25BrFN3. The molecule has 118 valence electrons. The number of nitrogens with zero attached hydrogens (tertiary/aromatic N) is 2. The smallest absolute Gasteiger partial charge is 0.128 e. The zero-order valence-electron chi connectivity index (χ0n) is 12.9. The van der Waals surface area contributed by atoms with E-state index in [0.717, 1.165) is 24.1 Å². The lowest BCUT2D eigenvalue weighted by Gasteiger charge is -2.35. The van der Waals surface area contributed by atoms with Gasteiger partial charge in [0.05, 0.1) is 0 Å². The van der Waals surface area contributed by atoms with Crippen LogP contribution in [0.1, 0.15) is 24.4 Å². The van der Waals surface area contributed by atoms with Crippen LogP contribution in [0.15, 0.2) is 22.7 Å². The Labute approximate surface area is 135 Å². The van der Waals surface area contributed by atoms with Crippen LogP contribution in [0.3, 0.4) is 0 Å². The molecule has 1 fully saturated rings. The Bertz CT molecular complexity index is 461. The quantitative estimate of drug-likeness (QED) is 0.879. The van der Waals surface area contributed by atoms with Crippen LogP contribution in [0.2, 0.25) is 0 Å². The second-order valence-electron chi connectivity index (χ2n) is 6.10. The molecule has 2 rings (SSSR count). The van der Waals surface area contributed by atoms with Gasteiger partial charge in [-0.15, -0.1) is 0 Å². The summed E-state index contributed by atoms with van der Waals surface area (Å²) < 4.78 is 15.0. The normalized spacial score (nSPS) is 19.1. The molecule has 1 atom stereocenters. The van der Waals surface area contributed by atoms with Gasteiger partial charge in [-0.05, 0) is 64.1 Å². The Morgan fingerprint density at radius 3 is 2.71 bits per heavy atom. The molecule has 0 bridgehead atoms. The molecule has 0 radical (unpaired) electrons. The molecule has 1 saturated heterocycles.